The highest BCUT2D eigenvalue weighted by Gasteiger charge is 2.35. The Bertz CT molecular complexity index is 1870. The molecule has 0 spiro atoms. The van der Waals surface area contributed by atoms with E-state index in [1.807, 2.05) is 109 Å². The van der Waals surface area contributed by atoms with E-state index in [1.165, 1.54) is 0 Å². The van der Waals surface area contributed by atoms with Crippen LogP contribution >= 0.6 is 0 Å². The number of fused-ring (bicyclic) bond motifs is 1. The SMILES string of the molecule is Nc1nc(C2C(c3ccc(Oc4ccccc4)cc3)=NNC2N)nc2n[nH]c(-c3ccc(Oc4ccccc4)cc3)c12. The van der Waals surface area contributed by atoms with Gasteiger partial charge >= 0.3 is 0 Å². The van der Waals surface area contributed by atoms with E-state index in [4.69, 9.17) is 25.9 Å². The third-order valence-electron chi connectivity index (χ3n) is 6.98. The van der Waals surface area contributed by atoms with Crippen LogP contribution in [-0.2, 0) is 0 Å². The Balaban J connectivity index is 1.14. The van der Waals surface area contributed by atoms with Crippen molar-refractivity contribution in [3.63, 3.8) is 0 Å². The fourth-order valence-corrected chi connectivity index (χ4v) is 4.93. The van der Waals surface area contributed by atoms with Gasteiger partial charge < -0.3 is 20.9 Å². The van der Waals surface area contributed by atoms with Crippen LogP contribution in [0.2, 0.25) is 0 Å². The summed E-state index contributed by atoms with van der Waals surface area (Å²) in [5, 5.41) is 12.7. The fourth-order valence-electron chi connectivity index (χ4n) is 4.93. The first-order valence-electron chi connectivity index (χ1n) is 13.4. The second-order valence-corrected chi connectivity index (χ2v) is 9.77. The summed E-state index contributed by atoms with van der Waals surface area (Å²) in [5.41, 5.74) is 19.5. The van der Waals surface area contributed by atoms with Gasteiger partial charge in [0.15, 0.2) is 5.65 Å². The molecule has 2 atom stereocenters. The van der Waals surface area contributed by atoms with E-state index in [2.05, 4.69) is 25.7 Å². The van der Waals surface area contributed by atoms with Gasteiger partial charge in [0.1, 0.15) is 40.8 Å². The van der Waals surface area contributed by atoms with Crippen molar-refractivity contribution in [1.82, 2.24) is 25.6 Å². The highest BCUT2D eigenvalue weighted by Crippen LogP contribution is 2.34. The number of nitrogen functional groups attached to an aromatic ring is 1. The number of H-pyrrole nitrogens is 1. The van der Waals surface area contributed by atoms with Crippen LogP contribution in [0.5, 0.6) is 23.0 Å². The molecule has 0 amide bonds. The zero-order valence-corrected chi connectivity index (χ0v) is 22.3. The summed E-state index contributed by atoms with van der Waals surface area (Å²) in [6.07, 6.45) is -0.535. The van der Waals surface area contributed by atoms with Crippen LogP contribution in [0, 0.1) is 0 Å². The van der Waals surface area contributed by atoms with E-state index in [-0.39, 0.29) is 0 Å². The largest absolute Gasteiger partial charge is 0.457 e. The molecule has 0 radical (unpaired) electrons. The quantitative estimate of drug-likeness (QED) is 0.200. The molecule has 4 aromatic carbocycles. The number of nitrogens with two attached hydrogens (primary N) is 2. The first kappa shape index (κ1) is 25.2. The topological polar surface area (TPSA) is 149 Å². The maximum absolute atomic E-state index is 6.51. The van der Waals surface area contributed by atoms with Gasteiger partial charge in [-0.15, -0.1) is 0 Å². The number of para-hydroxylation sites is 2. The minimum Gasteiger partial charge on any atom is -0.457 e. The molecule has 0 aliphatic carbocycles. The van der Waals surface area contributed by atoms with Crippen LogP contribution in [-0.4, -0.2) is 32.0 Å². The van der Waals surface area contributed by atoms with E-state index in [0.29, 0.717) is 34.1 Å². The summed E-state index contributed by atoms with van der Waals surface area (Å²) in [7, 11) is 0. The summed E-state index contributed by atoms with van der Waals surface area (Å²) in [6, 6.07) is 34.5. The van der Waals surface area contributed by atoms with Crippen LogP contribution in [0.1, 0.15) is 17.3 Å². The van der Waals surface area contributed by atoms with Gasteiger partial charge in [-0.05, 0) is 78.4 Å². The first-order valence-corrected chi connectivity index (χ1v) is 13.4. The monoisotopic (exact) mass is 554 g/mol. The van der Waals surface area contributed by atoms with Crippen LogP contribution in [0.4, 0.5) is 5.82 Å². The predicted molar refractivity (Wildman–Crippen MR) is 161 cm³/mol. The number of benzene rings is 4. The van der Waals surface area contributed by atoms with Crippen molar-refractivity contribution < 1.29 is 9.47 Å². The number of hydrogen-bond acceptors (Lipinski definition) is 9. The van der Waals surface area contributed by atoms with Crippen LogP contribution < -0.4 is 26.4 Å². The first-order chi connectivity index (χ1) is 20.6. The molecule has 42 heavy (non-hydrogen) atoms. The van der Waals surface area contributed by atoms with E-state index >= 15 is 0 Å². The number of rotatable bonds is 7. The lowest BCUT2D eigenvalue weighted by Gasteiger charge is -2.16. The molecule has 3 heterocycles. The van der Waals surface area contributed by atoms with E-state index in [9.17, 15) is 0 Å². The van der Waals surface area contributed by atoms with Gasteiger partial charge in [-0.1, -0.05) is 36.4 Å². The van der Waals surface area contributed by atoms with E-state index in [0.717, 1.165) is 34.1 Å². The van der Waals surface area contributed by atoms with Gasteiger partial charge in [-0.2, -0.15) is 10.2 Å². The third kappa shape index (κ3) is 4.87. The molecular formula is C32H26N8O2. The van der Waals surface area contributed by atoms with Crippen molar-refractivity contribution in [1.29, 1.82) is 0 Å². The number of nitrogens with zero attached hydrogens (tertiary/aromatic N) is 4. The minimum atomic E-state index is -0.535. The van der Waals surface area contributed by atoms with Crippen molar-refractivity contribution in [2.45, 2.75) is 12.1 Å². The zero-order chi connectivity index (χ0) is 28.5. The Morgan fingerprint density at radius 3 is 1.79 bits per heavy atom. The number of hydrazone groups is 1. The second-order valence-electron chi connectivity index (χ2n) is 9.77. The van der Waals surface area contributed by atoms with Crippen molar-refractivity contribution in [2.24, 2.45) is 10.8 Å². The molecular weight excluding hydrogens is 528 g/mol. The number of nitrogens with one attached hydrogen (secondary N) is 2. The second kappa shape index (κ2) is 10.7. The van der Waals surface area contributed by atoms with Gasteiger partial charge in [0.2, 0.25) is 0 Å². The Morgan fingerprint density at radius 1 is 0.643 bits per heavy atom. The van der Waals surface area contributed by atoms with Crippen LogP contribution in [0.3, 0.4) is 0 Å². The molecule has 6 N–H and O–H groups in total. The number of ether oxygens (including phenoxy) is 2. The van der Waals surface area contributed by atoms with Crippen molar-refractivity contribution in [3.05, 3.63) is 121 Å². The molecule has 206 valence electrons. The summed E-state index contributed by atoms with van der Waals surface area (Å²) < 4.78 is 11.8. The lowest BCUT2D eigenvalue weighted by molar-refractivity contribution is 0.482. The summed E-state index contributed by atoms with van der Waals surface area (Å²) >= 11 is 0. The minimum absolute atomic E-state index is 0.299. The highest BCUT2D eigenvalue weighted by atomic mass is 16.5. The Morgan fingerprint density at radius 2 is 1.19 bits per heavy atom. The van der Waals surface area contributed by atoms with E-state index < -0.39 is 12.1 Å². The number of hydrogen-bond donors (Lipinski definition) is 4. The molecule has 2 aromatic heterocycles. The molecule has 2 unspecified atom stereocenters. The number of anilines is 1. The van der Waals surface area contributed by atoms with Crippen LogP contribution in [0.25, 0.3) is 22.3 Å². The normalized spacial score (nSPS) is 16.2. The van der Waals surface area contributed by atoms with Crippen molar-refractivity contribution in [3.8, 4) is 34.3 Å². The Kier molecular flexibility index (Phi) is 6.42. The maximum atomic E-state index is 6.51. The van der Waals surface area contributed by atoms with Gasteiger partial charge in [0.05, 0.1) is 22.7 Å². The lowest BCUT2D eigenvalue weighted by atomic mass is 9.94. The van der Waals surface area contributed by atoms with Crippen molar-refractivity contribution in [2.75, 3.05) is 5.73 Å². The van der Waals surface area contributed by atoms with E-state index in [1.54, 1.807) is 0 Å². The zero-order valence-electron chi connectivity index (χ0n) is 22.3. The lowest BCUT2D eigenvalue weighted by Crippen LogP contribution is -2.37. The molecule has 10 nitrogen and oxygen atoms in total. The predicted octanol–water partition coefficient (Wildman–Crippen LogP) is 5.56. The molecule has 0 saturated heterocycles. The van der Waals surface area contributed by atoms with Crippen LogP contribution in [0.15, 0.2) is 114 Å². The van der Waals surface area contributed by atoms with Gasteiger partial charge in [-0.3, -0.25) is 10.5 Å². The van der Waals surface area contributed by atoms with Gasteiger partial charge in [-0.25, -0.2) is 9.97 Å². The maximum Gasteiger partial charge on any atom is 0.187 e. The summed E-state index contributed by atoms with van der Waals surface area (Å²) in [6.45, 7) is 0. The number of aromatic nitrogens is 4. The molecule has 1 aliphatic rings. The molecule has 6 aromatic rings. The average Bonchev–Trinajstić information content (AvgIpc) is 3.63. The Labute approximate surface area is 241 Å². The smallest absolute Gasteiger partial charge is 0.187 e. The molecule has 0 fully saturated rings. The van der Waals surface area contributed by atoms with Gasteiger partial charge in [0.25, 0.3) is 0 Å². The number of aromatic amines is 1. The summed E-state index contributed by atoms with van der Waals surface area (Å²) in [5.74, 6) is 3.25. The average molecular weight is 555 g/mol. The summed E-state index contributed by atoms with van der Waals surface area (Å²) in [4.78, 5) is 9.42. The fraction of sp³-hybridized carbons (Fsp3) is 0.0625. The van der Waals surface area contributed by atoms with Gasteiger partial charge in [0, 0.05) is 5.56 Å². The molecule has 7 rings (SSSR count). The van der Waals surface area contributed by atoms with Crippen molar-refractivity contribution >= 4 is 22.6 Å². The molecule has 1 aliphatic heterocycles. The molecule has 0 saturated carbocycles. The molecule has 0 bridgehead atoms. The third-order valence-corrected chi connectivity index (χ3v) is 6.98. The highest BCUT2D eigenvalue weighted by molar-refractivity contribution is 6.06. The standard InChI is InChI=1S/C32H26N8O2/c33-29-25-27(19-11-15-23(16-12-19)41-21-7-3-1-4-8-21)38-40-32(25)36-31(35-29)26-28(37-39-30(26)34)20-13-17-24(18-14-20)42-22-9-5-2-6-10-22/h1-18,26,30,39H,34H2,(H3,33,35,36,38,40). The molecule has 10 heteroatoms. The Hall–Kier alpha value is -5.74.